The van der Waals surface area contributed by atoms with Gasteiger partial charge in [0.05, 0.1) is 5.69 Å². The van der Waals surface area contributed by atoms with Gasteiger partial charge in [-0.1, -0.05) is 37.6 Å². The monoisotopic (exact) mass is 373 g/mol. The molecule has 0 spiro atoms. The highest BCUT2D eigenvalue weighted by atomic mass is 32.1. The van der Waals surface area contributed by atoms with E-state index in [2.05, 4.69) is 46.8 Å². The molecular formula is C20H27N3O2S. The van der Waals surface area contributed by atoms with Crippen molar-refractivity contribution in [2.45, 2.75) is 58.9 Å². The number of carbonyl (C=O) groups is 2. The molecule has 0 radical (unpaired) electrons. The summed E-state index contributed by atoms with van der Waals surface area (Å²) in [5.41, 5.74) is 3.14. The topological polar surface area (TPSA) is 71.1 Å². The molecule has 1 heterocycles. The lowest BCUT2D eigenvalue weighted by molar-refractivity contribution is -0.119. The fourth-order valence-electron chi connectivity index (χ4n) is 2.63. The Morgan fingerprint density at radius 1 is 1.23 bits per heavy atom. The smallest absolute Gasteiger partial charge is 0.226 e. The predicted octanol–water partition coefficient (Wildman–Crippen LogP) is 4.40. The Morgan fingerprint density at radius 2 is 1.96 bits per heavy atom. The van der Waals surface area contributed by atoms with Crippen LogP contribution in [0.4, 0.5) is 5.13 Å². The van der Waals surface area contributed by atoms with E-state index in [-0.39, 0.29) is 17.9 Å². The molecule has 140 valence electrons. The molecule has 0 bridgehead atoms. The number of hydrogen-bond acceptors (Lipinski definition) is 4. The van der Waals surface area contributed by atoms with Crippen LogP contribution in [0.2, 0.25) is 0 Å². The average molecular weight is 374 g/mol. The highest BCUT2D eigenvalue weighted by molar-refractivity contribution is 7.14. The molecule has 0 aliphatic heterocycles. The number of aromatic nitrogens is 1. The zero-order chi connectivity index (χ0) is 18.9. The van der Waals surface area contributed by atoms with Crippen molar-refractivity contribution in [3.8, 4) is 11.3 Å². The molecule has 1 unspecified atom stereocenters. The number of nitrogens with one attached hydrogen (secondary N) is 2. The molecule has 0 saturated carbocycles. The van der Waals surface area contributed by atoms with E-state index in [1.54, 1.807) is 6.92 Å². The normalized spacial score (nSPS) is 11.8. The maximum Gasteiger partial charge on any atom is 0.226 e. The van der Waals surface area contributed by atoms with Gasteiger partial charge in [0.25, 0.3) is 0 Å². The molecule has 2 rings (SSSR count). The van der Waals surface area contributed by atoms with Crippen LogP contribution in [0.5, 0.6) is 0 Å². The van der Waals surface area contributed by atoms with Crippen molar-refractivity contribution in [1.29, 1.82) is 0 Å². The van der Waals surface area contributed by atoms with Crippen LogP contribution < -0.4 is 10.6 Å². The molecule has 5 nitrogen and oxygen atoms in total. The van der Waals surface area contributed by atoms with E-state index in [9.17, 15) is 9.59 Å². The van der Waals surface area contributed by atoms with Crippen LogP contribution in [-0.4, -0.2) is 22.8 Å². The summed E-state index contributed by atoms with van der Waals surface area (Å²) in [6.45, 7) is 5.62. The first kappa shape index (κ1) is 20.1. The number of aryl methyl sites for hydroxylation is 1. The van der Waals surface area contributed by atoms with Gasteiger partial charge in [-0.05, 0) is 31.7 Å². The first-order valence-corrected chi connectivity index (χ1v) is 9.97. The number of benzene rings is 1. The quantitative estimate of drug-likeness (QED) is 0.684. The minimum absolute atomic E-state index is 0.00831. The molecule has 2 aromatic rings. The predicted molar refractivity (Wildman–Crippen MR) is 107 cm³/mol. The number of rotatable bonds is 9. The number of thiazole rings is 1. The van der Waals surface area contributed by atoms with Crippen molar-refractivity contribution >= 4 is 28.3 Å². The summed E-state index contributed by atoms with van der Waals surface area (Å²) in [6, 6.07) is 8.46. The van der Waals surface area contributed by atoms with Crippen molar-refractivity contribution in [2.24, 2.45) is 0 Å². The lowest BCUT2D eigenvalue weighted by atomic mass is 10.0. The lowest BCUT2D eigenvalue weighted by Gasteiger charge is -2.12. The third kappa shape index (κ3) is 6.59. The highest BCUT2D eigenvalue weighted by Gasteiger charge is 2.08. The molecule has 0 saturated heterocycles. The Bertz CT molecular complexity index is 725. The standard InChI is InChI=1S/C20H27N3O2S/c1-4-5-6-19(25)23-20-22-18(13-26-20)17-11-9-16(10-12-17)8-7-14(2)21-15(3)24/h9-14H,4-8H2,1-3H3,(H,21,24)(H,22,23,25). The first-order valence-electron chi connectivity index (χ1n) is 9.09. The Balaban J connectivity index is 1.90. The second-order valence-corrected chi connectivity index (χ2v) is 7.38. The van der Waals surface area contributed by atoms with Gasteiger partial charge in [-0.3, -0.25) is 9.59 Å². The third-order valence-corrected chi connectivity index (χ3v) is 4.83. The van der Waals surface area contributed by atoms with Gasteiger partial charge >= 0.3 is 0 Å². The van der Waals surface area contributed by atoms with Crippen LogP contribution in [0.15, 0.2) is 29.6 Å². The molecule has 1 aromatic carbocycles. The summed E-state index contributed by atoms with van der Waals surface area (Å²) >= 11 is 1.45. The van der Waals surface area contributed by atoms with Gasteiger partial charge in [0, 0.05) is 30.3 Å². The second kappa shape index (κ2) is 10.1. The zero-order valence-electron chi connectivity index (χ0n) is 15.7. The number of anilines is 1. The SMILES string of the molecule is CCCCC(=O)Nc1nc(-c2ccc(CCC(C)NC(C)=O)cc2)cs1. The third-order valence-electron chi connectivity index (χ3n) is 4.07. The molecule has 2 amide bonds. The van der Waals surface area contributed by atoms with E-state index < -0.39 is 0 Å². The van der Waals surface area contributed by atoms with Crippen LogP contribution in [-0.2, 0) is 16.0 Å². The van der Waals surface area contributed by atoms with Crippen molar-refractivity contribution in [3.63, 3.8) is 0 Å². The van der Waals surface area contributed by atoms with Crippen LogP contribution >= 0.6 is 11.3 Å². The van der Waals surface area contributed by atoms with Crippen molar-refractivity contribution in [3.05, 3.63) is 35.2 Å². The number of hydrogen-bond donors (Lipinski definition) is 2. The average Bonchev–Trinajstić information content (AvgIpc) is 3.06. The molecule has 6 heteroatoms. The van der Waals surface area contributed by atoms with Gasteiger partial charge in [-0.15, -0.1) is 11.3 Å². The van der Waals surface area contributed by atoms with E-state index >= 15 is 0 Å². The highest BCUT2D eigenvalue weighted by Crippen LogP contribution is 2.25. The molecule has 1 atom stereocenters. The van der Waals surface area contributed by atoms with Gasteiger partial charge in [-0.25, -0.2) is 4.98 Å². The minimum atomic E-state index is 0.00831. The van der Waals surface area contributed by atoms with E-state index in [0.717, 1.165) is 36.9 Å². The Hall–Kier alpha value is -2.21. The summed E-state index contributed by atoms with van der Waals surface area (Å²) in [6.07, 6.45) is 4.26. The largest absolute Gasteiger partial charge is 0.354 e. The number of carbonyl (C=O) groups excluding carboxylic acids is 2. The molecular weight excluding hydrogens is 346 g/mol. The summed E-state index contributed by atoms with van der Waals surface area (Å²) in [7, 11) is 0. The number of unbranched alkanes of at least 4 members (excludes halogenated alkanes) is 1. The summed E-state index contributed by atoms with van der Waals surface area (Å²) < 4.78 is 0. The lowest BCUT2D eigenvalue weighted by Crippen LogP contribution is -2.30. The van der Waals surface area contributed by atoms with Gasteiger partial charge in [0.15, 0.2) is 5.13 Å². The number of nitrogens with zero attached hydrogens (tertiary/aromatic N) is 1. The molecule has 26 heavy (non-hydrogen) atoms. The Labute approximate surface area is 159 Å². The zero-order valence-corrected chi connectivity index (χ0v) is 16.5. The summed E-state index contributed by atoms with van der Waals surface area (Å²) in [4.78, 5) is 27.3. The molecule has 2 N–H and O–H groups in total. The van der Waals surface area contributed by atoms with E-state index in [0.29, 0.717) is 11.6 Å². The number of amides is 2. The van der Waals surface area contributed by atoms with Crippen molar-refractivity contribution in [2.75, 3.05) is 5.32 Å². The van der Waals surface area contributed by atoms with Gasteiger partial charge in [0.2, 0.25) is 11.8 Å². The van der Waals surface area contributed by atoms with Gasteiger partial charge in [0.1, 0.15) is 0 Å². The summed E-state index contributed by atoms with van der Waals surface area (Å²) in [5, 5.41) is 8.37. The molecule has 0 aliphatic carbocycles. The van der Waals surface area contributed by atoms with Gasteiger partial charge < -0.3 is 10.6 Å². The first-order chi connectivity index (χ1) is 12.5. The maximum atomic E-state index is 11.8. The molecule has 0 fully saturated rings. The van der Waals surface area contributed by atoms with Gasteiger partial charge in [-0.2, -0.15) is 0 Å². The maximum absolute atomic E-state index is 11.8. The minimum Gasteiger partial charge on any atom is -0.354 e. The fraction of sp³-hybridized carbons (Fsp3) is 0.450. The van der Waals surface area contributed by atoms with Crippen molar-refractivity contribution < 1.29 is 9.59 Å². The molecule has 0 aliphatic rings. The van der Waals surface area contributed by atoms with Crippen molar-refractivity contribution in [1.82, 2.24) is 10.3 Å². The van der Waals surface area contributed by atoms with Crippen LogP contribution in [0.25, 0.3) is 11.3 Å². The van der Waals surface area contributed by atoms with Crippen LogP contribution in [0.3, 0.4) is 0 Å². The van der Waals surface area contributed by atoms with E-state index in [1.165, 1.54) is 16.9 Å². The Kier molecular flexibility index (Phi) is 7.78. The summed E-state index contributed by atoms with van der Waals surface area (Å²) in [5.74, 6) is 0.0327. The van der Waals surface area contributed by atoms with E-state index in [4.69, 9.17) is 0 Å². The fourth-order valence-corrected chi connectivity index (χ4v) is 3.36. The van der Waals surface area contributed by atoms with E-state index in [1.807, 2.05) is 12.3 Å². The van der Waals surface area contributed by atoms with Crippen LogP contribution in [0, 0.1) is 0 Å². The Morgan fingerprint density at radius 3 is 2.62 bits per heavy atom. The molecule has 1 aromatic heterocycles. The van der Waals surface area contributed by atoms with Crippen LogP contribution in [0.1, 0.15) is 52.0 Å². The second-order valence-electron chi connectivity index (χ2n) is 6.53.